The van der Waals surface area contributed by atoms with Crippen LogP contribution in [-0.4, -0.2) is 33.7 Å². The summed E-state index contributed by atoms with van der Waals surface area (Å²) in [5, 5.41) is 4.45. The lowest BCUT2D eigenvalue weighted by atomic mass is 10.00. The molecule has 0 radical (unpaired) electrons. The Morgan fingerprint density at radius 1 is 1.03 bits per heavy atom. The molecule has 0 atom stereocenters. The smallest absolute Gasteiger partial charge is 0.264 e. The van der Waals surface area contributed by atoms with Crippen LogP contribution >= 0.6 is 11.6 Å². The maximum Gasteiger partial charge on any atom is 0.264 e. The number of para-hydroxylation sites is 2. The molecule has 0 saturated heterocycles. The van der Waals surface area contributed by atoms with Crippen molar-refractivity contribution in [2.45, 2.75) is 32.6 Å². The highest BCUT2D eigenvalue weighted by Crippen LogP contribution is 2.32. The summed E-state index contributed by atoms with van der Waals surface area (Å²) in [6.45, 7) is 7.66. The van der Waals surface area contributed by atoms with Crippen molar-refractivity contribution in [3.63, 3.8) is 0 Å². The second-order valence-electron chi connectivity index (χ2n) is 7.88. The van der Waals surface area contributed by atoms with Crippen LogP contribution < -0.4 is 14.5 Å². The Morgan fingerprint density at radius 2 is 1.71 bits per heavy atom. The fourth-order valence-electron chi connectivity index (χ4n) is 3.43. The number of halogens is 1. The first-order valence-electron chi connectivity index (χ1n) is 11.0. The average molecular weight is 514 g/mol. The minimum Gasteiger partial charge on any atom is -0.492 e. The van der Waals surface area contributed by atoms with Gasteiger partial charge in [-0.05, 0) is 86.3 Å². The Bertz CT molecular complexity index is 1340. The van der Waals surface area contributed by atoms with Crippen molar-refractivity contribution in [1.82, 2.24) is 5.43 Å². The van der Waals surface area contributed by atoms with Gasteiger partial charge in [0.05, 0.1) is 23.4 Å². The van der Waals surface area contributed by atoms with Gasteiger partial charge in [0.15, 0.2) is 0 Å². The quantitative estimate of drug-likeness (QED) is 0.322. The summed E-state index contributed by atoms with van der Waals surface area (Å²) in [6.07, 6.45) is 1.55. The molecule has 0 fully saturated rings. The number of hydrogen-bond donors (Lipinski definition) is 1. The number of sulfonamides is 1. The van der Waals surface area contributed by atoms with Gasteiger partial charge in [-0.2, -0.15) is 5.10 Å². The summed E-state index contributed by atoms with van der Waals surface area (Å²) < 4.78 is 33.7. The predicted molar refractivity (Wildman–Crippen MR) is 140 cm³/mol. The van der Waals surface area contributed by atoms with E-state index in [2.05, 4.69) is 10.5 Å². The molecule has 0 heterocycles. The van der Waals surface area contributed by atoms with E-state index in [0.717, 1.165) is 21.0 Å². The van der Waals surface area contributed by atoms with Crippen molar-refractivity contribution < 1.29 is 17.9 Å². The highest BCUT2D eigenvalue weighted by atomic mass is 35.5. The van der Waals surface area contributed by atoms with Crippen LogP contribution in [0.5, 0.6) is 5.75 Å². The van der Waals surface area contributed by atoms with Crippen molar-refractivity contribution >= 4 is 39.4 Å². The monoisotopic (exact) mass is 513 g/mol. The highest BCUT2D eigenvalue weighted by Gasteiger charge is 2.29. The Kier molecular flexibility index (Phi) is 8.53. The zero-order chi connectivity index (χ0) is 25.6. The van der Waals surface area contributed by atoms with Gasteiger partial charge in [-0.15, -0.1) is 0 Å². The maximum atomic E-state index is 13.6. The molecule has 0 aliphatic carbocycles. The third-order valence-corrected chi connectivity index (χ3v) is 7.64. The molecule has 3 aromatic rings. The van der Waals surface area contributed by atoms with Crippen molar-refractivity contribution in [3.05, 3.63) is 87.9 Å². The minimum absolute atomic E-state index is 0.00439. The summed E-state index contributed by atoms with van der Waals surface area (Å²) in [5.74, 6) is -0.263. The zero-order valence-corrected chi connectivity index (χ0v) is 21.7. The van der Waals surface area contributed by atoms with E-state index in [1.807, 2.05) is 32.9 Å². The van der Waals surface area contributed by atoms with E-state index < -0.39 is 22.5 Å². The number of nitrogens with one attached hydrogen (secondary N) is 1. The van der Waals surface area contributed by atoms with Gasteiger partial charge in [0.2, 0.25) is 0 Å². The van der Waals surface area contributed by atoms with Crippen LogP contribution in [0.1, 0.15) is 29.2 Å². The van der Waals surface area contributed by atoms with Gasteiger partial charge in [0.1, 0.15) is 12.3 Å². The van der Waals surface area contributed by atoms with E-state index in [-0.39, 0.29) is 10.6 Å². The molecule has 0 unspecified atom stereocenters. The lowest BCUT2D eigenvalue weighted by Crippen LogP contribution is -2.39. The lowest BCUT2D eigenvalue weighted by molar-refractivity contribution is -0.119. The molecule has 0 spiro atoms. The molecule has 0 saturated carbocycles. The van der Waals surface area contributed by atoms with Crippen LogP contribution in [0.4, 0.5) is 5.69 Å². The number of benzene rings is 3. The Hall–Kier alpha value is -3.36. The van der Waals surface area contributed by atoms with E-state index >= 15 is 0 Å². The summed E-state index contributed by atoms with van der Waals surface area (Å²) in [5.41, 5.74) is 6.91. The van der Waals surface area contributed by atoms with E-state index in [1.54, 1.807) is 37.4 Å². The van der Waals surface area contributed by atoms with Crippen molar-refractivity contribution in [2.24, 2.45) is 5.10 Å². The van der Waals surface area contributed by atoms with E-state index in [4.69, 9.17) is 16.3 Å². The standard InChI is InChI=1S/C26H28ClN3O4S/c1-5-34-25-9-7-6-8-24(25)30(35(32,33)23-14-12-22(27)13-15-23)17-26(31)29-28-16-21-11-10-18(2)19(3)20(21)4/h6-16H,5,17H2,1-4H3,(H,29,31)/b28-16-. The number of amides is 1. The molecule has 3 aromatic carbocycles. The molecule has 9 heteroatoms. The topological polar surface area (TPSA) is 88.1 Å². The highest BCUT2D eigenvalue weighted by molar-refractivity contribution is 7.92. The molecule has 1 N–H and O–H groups in total. The summed E-state index contributed by atoms with van der Waals surface area (Å²) in [6, 6.07) is 16.3. The molecule has 1 amide bonds. The van der Waals surface area contributed by atoms with E-state index in [0.29, 0.717) is 17.4 Å². The van der Waals surface area contributed by atoms with Gasteiger partial charge >= 0.3 is 0 Å². The first-order chi connectivity index (χ1) is 16.6. The largest absolute Gasteiger partial charge is 0.492 e. The SMILES string of the molecule is CCOc1ccccc1N(CC(=O)N/N=C\c1ccc(C)c(C)c1C)S(=O)(=O)c1ccc(Cl)cc1. The fraction of sp³-hybridized carbons (Fsp3) is 0.231. The number of anilines is 1. The number of hydrazone groups is 1. The Labute approximate surface area is 211 Å². The van der Waals surface area contributed by atoms with Crippen LogP contribution in [0.3, 0.4) is 0 Å². The van der Waals surface area contributed by atoms with Gasteiger partial charge in [-0.3, -0.25) is 9.10 Å². The fourth-order valence-corrected chi connectivity index (χ4v) is 4.99. The van der Waals surface area contributed by atoms with Gasteiger partial charge in [-0.1, -0.05) is 35.9 Å². The number of carbonyl (C=O) groups excluding carboxylic acids is 1. The van der Waals surface area contributed by atoms with Crippen LogP contribution in [0.15, 0.2) is 70.7 Å². The molecule has 184 valence electrons. The van der Waals surface area contributed by atoms with Crippen LogP contribution in [0.25, 0.3) is 0 Å². The molecule has 35 heavy (non-hydrogen) atoms. The third kappa shape index (κ3) is 6.21. The maximum absolute atomic E-state index is 13.6. The summed E-state index contributed by atoms with van der Waals surface area (Å²) in [4.78, 5) is 12.8. The number of ether oxygens (including phenoxy) is 1. The molecule has 0 aliphatic heterocycles. The number of hydrogen-bond acceptors (Lipinski definition) is 5. The number of rotatable bonds is 9. The second kappa shape index (κ2) is 11.4. The molecule has 3 rings (SSSR count). The zero-order valence-electron chi connectivity index (χ0n) is 20.1. The molecule has 7 nitrogen and oxygen atoms in total. The van der Waals surface area contributed by atoms with Gasteiger partial charge in [0.25, 0.3) is 15.9 Å². The number of carbonyl (C=O) groups is 1. The summed E-state index contributed by atoms with van der Waals surface area (Å²) in [7, 11) is -4.12. The average Bonchev–Trinajstić information content (AvgIpc) is 2.83. The minimum atomic E-state index is -4.12. The first kappa shape index (κ1) is 26.2. The molecular formula is C26H28ClN3O4S. The van der Waals surface area contributed by atoms with Crippen LogP contribution in [0.2, 0.25) is 5.02 Å². The van der Waals surface area contributed by atoms with Gasteiger partial charge in [0, 0.05) is 5.02 Å². The lowest BCUT2D eigenvalue weighted by Gasteiger charge is -2.25. The normalized spacial score (nSPS) is 11.5. The Morgan fingerprint density at radius 3 is 2.40 bits per heavy atom. The van der Waals surface area contributed by atoms with Crippen molar-refractivity contribution in [3.8, 4) is 5.75 Å². The number of aryl methyl sites for hydroxylation is 1. The molecular weight excluding hydrogens is 486 g/mol. The van der Waals surface area contributed by atoms with E-state index in [1.165, 1.54) is 29.8 Å². The van der Waals surface area contributed by atoms with E-state index in [9.17, 15) is 13.2 Å². The van der Waals surface area contributed by atoms with Crippen LogP contribution in [0, 0.1) is 20.8 Å². The summed E-state index contributed by atoms with van der Waals surface area (Å²) >= 11 is 5.94. The third-order valence-electron chi connectivity index (χ3n) is 5.62. The van der Waals surface area contributed by atoms with Gasteiger partial charge < -0.3 is 4.74 Å². The van der Waals surface area contributed by atoms with Crippen LogP contribution in [-0.2, 0) is 14.8 Å². The van der Waals surface area contributed by atoms with Crippen molar-refractivity contribution in [2.75, 3.05) is 17.5 Å². The van der Waals surface area contributed by atoms with Crippen molar-refractivity contribution in [1.29, 1.82) is 0 Å². The Balaban J connectivity index is 1.91. The number of nitrogens with zero attached hydrogens (tertiary/aromatic N) is 2. The molecule has 0 bridgehead atoms. The first-order valence-corrected chi connectivity index (χ1v) is 12.9. The second-order valence-corrected chi connectivity index (χ2v) is 10.2. The molecule has 0 aliphatic rings. The molecule has 0 aromatic heterocycles. The predicted octanol–water partition coefficient (Wildman–Crippen LogP) is 5.01. The van der Waals surface area contributed by atoms with Gasteiger partial charge in [-0.25, -0.2) is 13.8 Å².